The number of carbonyl (C=O) groups is 1. The molecule has 0 spiro atoms. The van der Waals surface area contributed by atoms with Crippen LogP contribution in [-0.2, 0) is 0 Å². The third kappa shape index (κ3) is 3.84. The largest absolute Gasteiger partial charge is 0.345 e. The van der Waals surface area contributed by atoms with Gasteiger partial charge in [0, 0.05) is 5.69 Å². The Bertz CT molecular complexity index is 1130. The molecule has 2 aromatic carbocycles. The first-order valence-electron chi connectivity index (χ1n) is 8.70. The van der Waals surface area contributed by atoms with Gasteiger partial charge in [0.2, 0.25) is 0 Å². The molecule has 0 aliphatic rings. The summed E-state index contributed by atoms with van der Waals surface area (Å²) in [4.78, 5) is 25.6. The van der Waals surface area contributed by atoms with Crippen LogP contribution < -0.4 is 10.9 Å². The highest BCUT2D eigenvalue weighted by Gasteiger charge is 2.17. The minimum absolute atomic E-state index is 0.0121. The van der Waals surface area contributed by atoms with Gasteiger partial charge >= 0.3 is 0 Å². The molecular weight excluding hydrogens is 357 g/mol. The van der Waals surface area contributed by atoms with Crippen molar-refractivity contribution in [1.82, 2.24) is 9.88 Å². The molecule has 0 saturated carbocycles. The zero-order valence-electron chi connectivity index (χ0n) is 15.4. The number of nitrogens with one attached hydrogen (secondary N) is 1. The molecule has 0 aliphatic heterocycles. The molecule has 28 heavy (non-hydrogen) atoms. The topological polar surface area (TPSA) is 74.9 Å². The predicted octanol–water partition coefficient (Wildman–Crippen LogP) is 3.65. The molecule has 0 aliphatic carbocycles. The molecule has 6 heteroatoms. The second-order valence-electron chi connectivity index (χ2n) is 6.44. The van der Waals surface area contributed by atoms with Gasteiger partial charge in [-0.05, 0) is 61.9 Å². The maximum absolute atomic E-state index is 13.1. The summed E-state index contributed by atoms with van der Waals surface area (Å²) in [6, 6.07) is 17.2. The van der Waals surface area contributed by atoms with E-state index in [1.54, 1.807) is 56.3 Å². The van der Waals surface area contributed by atoms with Gasteiger partial charge in [0.05, 0.1) is 23.4 Å². The second-order valence-corrected chi connectivity index (χ2v) is 6.44. The number of rotatable bonds is 4. The fourth-order valence-electron chi connectivity index (χ4n) is 2.95. The first kappa shape index (κ1) is 19.1. The Labute approximate surface area is 161 Å². The molecule has 140 valence electrons. The molecular formula is C22H18FN3O2. The number of nitriles is 1. The first-order valence-corrected chi connectivity index (χ1v) is 8.70. The normalized spacial score (nSPS) is 11.5. The second kappa shape index (κ2) is 7.89. The lowest BCUT2D eigenvalue weighted by molar-refractivity contribution is 0.0938. The number of hydrogen-bond donors (Lipinski definition) is 1. The first-order chi connectivity index (χ1) is 13.4. The van der Waals surface area contributed by atoms with Crippen LogP contribution in [-0.4, -0.2) is 10.5 Å². The third-order valence-corrected chi connectivity index (χ3v) is 4.47. The molecule has 1 N–H and O–H groups in total. The summed E-state index contributed by atoms with van der Waals surface area (Å²) in [5.74, 6) is -0.879. The fraction of sp³-hybridized carbons (Fsp3) is 0.136. The van der Waals surface area contributed by atoms with E-state index in [1.165, 1.54) is 22.8 Å². The lowest BCUT2D eigenvalue weighted by atomic mass is 10.1. The van der Waals surface area contributed by atoms with E-state index in [-0.39, 0.29) is 11.4 Å². The monoisotopic (exact) mass is 375 g/mol. The van der Waals surface area contributed by atoms with Crippen LogP contribution in [0.4, 0.5) is 4.39 Å². The van der Waals surface area contributed by atoms with Gasteiger partial charge < -0.3 is 5.32 Å². The van der Waals surface area contributed by atoms with Crippen LogP contribution in [0.2, 0.25) is 0 Å². The number of amides is 1. The van der Waals surface area contributed by atoms with Crippen LogP contribution in [0.3, 0.4) is 0 Å². The van der Waals surface area contributed by atoms with Crippen molar-refractivity contribution in [3.05, 3.63) is 99.2 Å². The molecule has 0 radical (unpaired) electrons. The van der Waals surface area contributed by atoms with Gasteiger partial charge in [-0.3, -0.25) is 14.2 Å². The van der Waals surface area contributed by atoms with Crippen LogP contribution >= 0.6 is 0 Å². The molecule has 1 atom stereocenters. The smallest absolute Gasteiger partial charge is 0.268 e. The zero-order valence-corrected chi connectivity index (χ0v) is 15.4. The molecule has 5 nitrogen and oxygen atoms in total. The Kier molecular flexibility index (Phi) is 5.37. The van der Waals surface area contributed by atoms with Gasteiger partial charge in [-0.2, -0.15) is 5.26 Å². The van der Waals surface area contributed by atoms with E-state index in [2.05, 4.69) is 5.32 Å². The van der Waals surface area contributed by atoms with Crippen LogP contribution in [0.15, 0.2) is 65.5 Å². The Hall–Kier alpha value is -3.72. The summed E-state index contributed by atoms with van der Waals surface area (Å²) in [5, 5.41) is 11.9. The van der Waals surface area contributed by atoms with E-state index in [1.807, 2.05) is 6.07 Å². The molecule has 1 heterocycles. The van der Waals surface area contributed by atoms with Crippen LogP contribution in [0.1, 0.15) is 40.1 Å². The Morgan fingerprint density at radius 1 is 1.14 bits per heavy atom. The number of halogens is 1. The summed E-state index contributed by atoms with van der Waals surface area (Å²) in [6.45, 7) is 3.51. The molecule has 1 aromatic heterocycles. The molecule has 1 unspecified atom stereocenters. The van der Waals surface area contributed by atoms with E-state index >= 15 is 0 Å². The van der Waals surface area contributed by atoms with Gasteiger partial charge in [-0.15, -0.1) is 0 Å². The average Bonchev–Trinajstić information content (AvgIpc) is 2.68. The maximum Gasteiger partial charge on any atom is 0.268 e. The number of aromatic nitrogens is 1. The third-order valence-electron chi connectivity index (χ3n) is 4.47. The molecule has 0 saturated heterocycles. The van der Waals surface area contributed by atoms with Gasteiger partial charge in [0.25, 0.3) is 11.5 Å². The fourth-order valence-corrected chi connectivity index (χ4v) is 2.95. The van der Waals surface area contributed by atoms with Crippen molar-refractivity contribution in [1.29, 1.82) is 5.26 Å². The summed E-state index contributed by atoms with van der Waals surface area (Å²) >= 11 is 0. The Balaban J connectivity index is 1.94. The van der Waals surface area contributed by atoms with Gasteiger partial charge in [-0.1, -0.05) is 18.2 Å². The Morgan fingerprint density at radius 2 is 1.86 bits per heavy atom. The van der Waals surface area contributed by atoms with Crippen molar-refractivity contribution in [2.24, 2.45) is 0 Å². The molecule has 0 bridgehead atoms. The number of nitrogens with zero attached hydrogens (tertiary/aromatic N) is 2. The minimum Gasteiger partial charge on any atom is -0.345 e. The van der Waals surface area contributed by atoms with E-state index in [9.17, 15) is 14.0 Å². The summed E-state index contributed by atoms with van der Waals surface area (Å²) < 4.78 is 14.5. The number of benzene rings is 2. The molecule has 0 fully saturated rings. The van der Waals surface area contributed by atoms with Crippen molar-refractivity contribution in [2.75, 3.05) is 0 Å². The standard InChI is InChI=1S/C22H18FN3O2/c1-14-6-11-20(21(27)25-15(2)17-7-9-18(23)10-8-17)22(28)26(14)19-5-3-4-16(12-19)13-24/h3-12,15H,1-2H3,(H,25,27). The highest BCUT2D eigenvalue weighted by molar-refractivity contribution is 5.94. The molecule has 1 amide bonds. The molecule has 3 rings (SSSR count). The summed E-state index contributed by atoms with van der Waals surface area (Å²) in [6.07, 6.45) is 0. The van der Waals surface area contributed by atoms with E-state index < -0.39 is 17.5 Å². The quantitative estimate of drug-likeness (QED) is 0.756. The number of carbonyl (C=O) groups excluding carboxylic acids is 1. The van der Waals surface area contributed by atoms with Crippen LogP contribution in [0.5, 0.6) is 0 Å². The highest BCUT2D eigenvalue weighted by Crippen LogP contribution is 2.15. The highest BCUT2D eigenvalue weighted by atomic mass is 19.1. The lowest BCUT2D eigenvalue weighted by Crippen LogP contribution is -2.34. The predicted molar refractivity (Wildman–Crippen MR) is 104 cm³/mol. The SMILES string of the molecule is Cc1ccc(C(=O)NC(C)c2ccc(F)cc2)c(=O)n1-c1cccc(C#N)c1. The van der Waals surface area contributed by atoms with Crippen molar-refractivity contribution >= 4 is 5.91 Å². The van der Waals surface area contributed by atoms with E-state index in [0.29, 0.717) is 16.9 Å². The Morgan fingerprint density at radius 3 is 2.54 bits per heavy atom. The number of pyridine rings is 1. The molecule has 3 aromatic rings. The van der Waals surface area contributed by atoms with Crippen molar-refractivity contribution in [2.45, 2.75) is 19.9 Å². The minimum atomic E-state index is -0.521. The maximum atomic E-state index is 13.1. The zero-order chi connectivity index (χ0) is 20.3. The summed E-state index contributed by atoms with van der Waals surface area (Å²) in [7, 11) is 0. The van der Waals surface area contributed by atoms with Crippen molar-refractivity contribution in [3.8, 4) is 11.8 Å². The number of aryl methyl sites for hydroxylation is 1. The van der Waals surface area contributed by atoms with Crippen molar-refractivity contribution < 1.29 is 9.18 Å². The van der Waals surface area contributed by atoms with Gasteiger partial charge in [-0.25, -0.2) is 4.39 Å². The average molecular weight is 375 g/mol. The summed E-state index contributed by atoms with van der Waals surface area (Å²) in [5.41, 5.74) is 1.82. The van der Waals surface area contributed by atoms with Gasteiger partial charge in [0.15, 0.2) is 0 Å². The van der Waals surface area contributed by atoms with Crippen LogP contribution in [0.25, 0.3) is 5.69 Å². The lowest BCUT2D eigenvalue weighted by Gasteiger charge is -2.16. The van der Waals surface area contributed by atoms with Crippen molar-refractivity contribution in [3.63, 3.8) is 0 Å². The van der Waals surface area contributed by atoms with Crippen LogP contribution in [0, 0.1) is 24.1 Å². The van der Waals surface area contributed by atoms with E-state index in [0.717, 1.165) is 5.56 Å². The number of hydrogen-bond acceptors (Lipinski definition) is 3. The van der Waals surface area contributed by atoms with Gasteiger partial charge in [0.1, 0.15) is 11.4 Å². The van der Waals surface area contributed by atoms with E-state index in [4.69, 9.17) is 5.26 Å².